The van der Waals surface area contributed by atoms with Gasteiger partial charge in [0, 0.05) is 63.0 Å². The zero-order valence-electron chi connectivity index (χ0n) is 24.1. The normalized spacial score (nSPS) is 13.3. The Bertz CT molecular complexity index is 1670. The van der Waals surface area contributed by atoms with E-state index in [1.807, 2.05) is 6.07 Å². The molecule has 2 amide bonds. The molecule has 4 aromatic rings. The van der Waals surface area contributed by atoms with Crippen LogP contribution in [0.25, 0.3) is 10.9 Å². The molecule has 0 bridgehead atoms. The number of nitrogens with one attached hydrogen (secondary N) is 2. The maximum Gasteiger partial charge on any atom is 0.272 e. The molecule has 0 spiro atoms. The zero-order valence-corrected chi connectivity index (χ0v) is 24.1. The largest absolute Gasteiger partial charge is 0.495 e. The van der Waals surface area contributed by atoms with E-state index in [-0.39, 0.29) is 35.0 Å². The predicted octanol–water partition coefficient (Wildman–Crippen LogP) is 5.00. The van der Waals surface area contributed by atoms with Crippen molar-refractivity contribution in [2.45, 2.75) is 18.9 Å². The van der Waals surface area contributed by atoms with Crippen LogP contribution in [0.5, 0.6) is 17.2 Å². The number of hydrogen-bond donors (Lipinski definition) is 2. The molecule has 1 aliphatic heterocycles. The molecule has 1 saturated heterocycles. The Morgan fingerprint density at radius 1 is 1.05 bits per heavy atom. The summed E-state index contributed by atoms with van der Waals surface area (Å²) in [5.74, 6) is 0.738. The SMILES string of the molecule is C=CC(=O)N1CCC(Nc2cc3c(Nc4ccc(Oc5ccnc(C(=O)N(C)C)c5)cc4F)ncnc3cc2OC)CC1. The van der Waals surface area contributed by atoms with Gasteiger partial charge >= 0.3 is 0 Å². The molecule has 1 fully saturated rings. The molecule has 12 heteroatoms. The van der Waals surface area contributed by atoms with Crippen molar-refractivity contribution in [2.75, 3.05) is 44.9 Å². The van der Waals surface area contributed by atoms with Crippen molar-refractivity contribution < 1.29 is 23.5 Å². The van der Waals surface area contributed by atoms with Crippen LogP contribution in [0.3, 0.4) is 0 Å². The van der Waals surface area contributed by atoms with Gasteiger partial charge in [-0.25, -0.2) is 14.4 Å². The van der Waals surface area contributed by atoms with E-state index >= 15 is 4.39 Å². The summed E-state index contributed by atoms with van der Waals surface area (Å²) in [5.41, 5.74) is 1.77. The minimum Gasteiger partial charge on any atom is -0.495 e. The molecule has 0 unspecified atom stereocenters. The van der Waals surface area contributed by atoms with Gasteiger partial charge in [-0.2, -0.15) is 0 Å². The molecule has 2 N–H and O–H groups in total. The minimum absolute atomic E-state index is 0.0653. The summed E-state index contributed by atoms with van der Waals surface area (Å²) >= 11 is 0. The summed E-state index contributed by atoms with van der Waals surface area (Å²) in [6, 6.07) is 11.3. The van der Waals surface area contributed by atoms with Gasteiger partial charge in [-0.1, -0.05) is 6.58 Å². The molecule has 0 atom stereocenters. The maximum absolute atomic E-state index is 15.2. The first-order valence-corrected chi connectivity index (χ1v) is 13.7. The standard InChI is InChI=1S/C31H32FN7O4/c1-5-29(40)39-12-9-19(10-13-39)36-26-16-22-25(17-28(26)42-4)34-18-35-30(22)37-24-7-6-20(14-23(24)32)43-21-8-11-33-27(15-21)31(41)38(2)3/h5-8,11,14-19,36H,1,9-10,12-13H2,2-4H3,(H,34,35,37). The van der Waals surface area contributed by atoms with Crippen molar-refractivity contribution in [3.63, 3.8) is 0 Å². The van der Waals surface area contributed by atoms with Gasteiger partial charge < -0.3 is 29.9 Å². The lowest BCUT2D eigenvalue weighted by molar-refractivity contribution is -0.126. The summed E-state index contributed by atoms with van der Waals surface area (Å²) < 4.78 is 26.7. The third-order valence-electron chi connectivity index (χ3n) is 7.08. The van der Waals surface area contributed by atoms with Gasteiger partial charge in [-0.05, 0) is 43.2 Å². The Morgan fingerprint density at radius 2 is 1.81 bits per heavy atom. The number of carbonyl (C=O) groups is 2. The highest BCUT2D eigenvalue weighted by molar-refractivity contribution is 5.95. The highest BCUT2D eigenvalue weighted by atomic mass is 19.1. The minimum atomic E-state index is -0.560. The van der Waals surface area contributed by atoms with Crippen LogP contribution < -0.4 is 20.1 Å². The number of rotatable bonds is 9. The predicted molar refractivity (Wildman–Crippen MR) is 162 cm³/mol. The Hall–Kier alpha value is -5.26. The molecule has 2 aromatic heterocycles. The number of piperidine rings is 1. The number of benzene rings is 2. The molecule has 2 aromatic carbocycles. The van der Waals surface area contributed by atoms with Crippen molar-refractivity contribution >= 4 is 39.9 Å². The molecule has 0 radical (unpaired) electrons. The van der Waals surface area contributed by atoms with Crippen LogP contribution in [0.4, 0.5) is 21.6 Å². The van der Waals surface area contributed by atoms with Crippen LogP contribution in [0.2, 0.25) is 0 Å². The van der Waals surface area contributed by atoms with E-state index in [0.29, 0.717) is 41.3 Å². The number of fused-ring (bicyclic) bond motifs is 1. The summed E-state index contributed by atoms with van der Waals surface area (Å²) in [5, 5.41) is 7.27. The first kappa shape index (κ1) is 29.2. The van der Waals surface area contributed by atoms with Crippen molar-refractivity contribution in [1.29, 1.82) is 0 Å². The number of carbonyl (C=O) groups excluding carboxylic acids is 2. The van der Waals surface area contributed by atoms with E-state index < -0.39 is 5.82 Å². The van der Waals surface area contributed by atoms with Gasteiger partial charge in [0.2, 0.25) is 5.91 Å². The molecule has 0 aliphatic carbocycles. The summed E-state index contributed by atoms with van der Waals surface area (Å²) in [6.07, 6.45) is 5.73. The van der Waals surface area contributed by atoms with Crippen LogP contribution >= 0.6 is 0 Å². The van der Waals surface area contributed by atoms with Crippen LogP contribution in [0, 0.1) is 5.82 Å². The first-order chi connectivity index (χ1) is 20.7. The Balaban J connectivity index is 1.34. The monoisotopic (exact) mass is 585 g/mol. The molecular formula is C31H32FN7O4. The van der Waals surface area contributed by atoms with Crippen LogP contribution in [-0.4, -0.2) is 76.9 Å². The highest BCUT2D eigenvalue weighted by Crippen LogP contribution is 2.35. The van der Waals surface area contributed by atoms with Gasteiger partial charge in [-0.15, -0.1) is 0 Å². The third-order valence-corrected chi connectivity index (χ3v) is 7.08. The molecule has 5 rings (SSSR count). The fraction of sp³-hybridized carbons (Fsp3) is 0.258. The lowest BCUT2D eigenvalue weighted by Gasteiger charge is -2.32. The first-order valence-electron chi connectivity index (χ1n) is 13.7. The van der Waals surface area contributed by atoms with Crippen molar-refractivity contribution in [3.8, 4) is 17.2 Å². The third kappa shape index (κ3) is 6.64. The Morgan fingerprint density at radius 3 is 2.51 bits per heavy atom. The fourth-order valence-corrected chi connectivity index (χ4v) is 4.80. The van der Waals surface area contributed by atoms with Gasteiger partial charge in [0.25, 0.3) is 5.91 Å². The molecule has 222 valence electrons. The van der Waals surface area contributed by atoms with E-state index in [0.717, 1.165) is 18.5 Å². The van der Waals surface area contributed by atoms with E-state index in [1.54, 1.807) is 50.4 Å². The van der Waals surface area contributed by atoms with Gasteiger partial charge in [0.05, 0.1) is 24.0 Å². The van der Waals surface area contributed by atoms with Gasteiger partial charge in [0.1, 0.15) is 40.9 Å². The van der Waals surface area contributed by atoms with Gasteiger partial charge in [-0.3, -0.25) is 14.6 Å². The topological polar surface area (TPSA) is 122 Å². The number of aromatic nitrogens is 3. The number of methoxy groups -OCH3 is 1. The average molecular weight is 586 g/mol. The summed E-state index contributed by atoms with van der Waals surface area (Å²) in [6.45, 7) is 4.82. The number of anilines is 3. The lowest BCUT2D eigenvalue weighted by atomic mass is 10.0. The van der Waals surface area contributed by atoms with Crippen molar-refractivity contribution in [3.05, 3.63) is 79.2 Å². The summed E-state index contributed by atoms with van der Waals surface area (Å²) in [4.78, 5) is 40.2. The number of pyridine rings is 1. The van der Waals surface area contributed by atoms with Crippen LogP contribution in [0.1, 0.15) is 23.3 Å². The molecule has 1 aliphatic rings. The average Bonchev–Trinajstić information content (AvgIpc) is 3.02. The second-order valence-electron chi connectivity index (χ2n) is 10.2. The van der Waals surface area contributed by atoms with E-state index in [9.17, 15) is 9.59 Å². The van der Waals surface area contributed by atoms with E-state index in [1.165, 1.54) is 35.6 Å². The Labute approximate surface area is 248 Å². The molecule has 3 heterocycles. The zero-order chi connectivity index (χ0) is 30.5. The smallest absolute Gasteiger partial charge is 0.272 e. The van der Waals surface area contributed by atoms with Gasteiger partial charge in [0.15, 0.2) is 0 Å². The number of nitrogens with zero attached hydrogens (tertiary/aromatic N) is 5. The maximum atomic E-state index is 15.2. The number of amides is 2. The Kier molecular flexibility index (Phi) is 8.65. The van der Waals surface area contributed by atoms with Crippen molar-refractivity contribution in [1.82, 2.24) is 24.8 Å². The lowest BCUT2D eigenvalue weighted by Crippen LogP contribution is -2.41. The second kappa shape index (κ2) is 12.7. The van der Waals surface area contributed by atoms with Crippen LogP contribution in [0.15, 0.2) is 67.6 Å². The highest BCUT2D eigenvalue weighted by Gasteiger charge is 2.23. The number of likely N-dealkylation sites (tertiary alicyclic amines) is 1. The molecule has 11 nitrogen and oxygen atoms in total. The molecular weight excluding hydrogens is 553 g/mol. The number of ether oxygens (including phenoxy) is 2. The van der Waals surface area contributed by atoms with Crippen LogP contribution in [-0.2, 0) is 4.79 Å². The second-order valence-corrected chi connectivity index (χ2v) is 10.2. The molecule has 0 saturated carbocycles. The fourth-order valence-electron chi connectivity index (χ4n) is 4.80. The number of halogens is 1. The quantitative estimate of drug-likeness (QED) is 0.261. The van der Waals surface area contributed by atoms with Crippen molar-refractivity contribution in [2.24, 2.45) is 0 Å². The van der Waals surface area contributed by atoms with E-state index in [2.05, 4.69) is 32.2 Å². The van der Waals surface area contributed by atoms with E-state index in [4.69, 9.17) is 9.47 Å². The summed E-state index contributed by atoms with van der Waals surface area (Å²) in [7, 11) is 4.85. The molecule has 43 heavy (non-hydrogen) atoms. The number of hydrogen-bond acceptors (Lipinski definition) is 9.